The van der Waals surface area contributed by atoms with Crippen molar-refractivity contribution in [2.45, 2.75) is 44.6 Å². The van der Waals surface area contributed by atoms with Crippen molar-refractivity contribution in [3.63, 3.8) is 0 Å². The number of nitrogens with zero attached hydrogens (tertiary/aromatic N) is 3. The standard InChI is InChI=1S/C22H29Cl2N3O2/c23-19-4-3-17(15-20(19)24)22(29)27-13-7-18(8-14-27)25-11-5-16(6-12-25)21(28)26-9-1-2-10-26/h3-4,15-16,18H,1-2,5-14H2. The van der Waals surface area contributed by atoms with E-state index in [9.17, 15) is 9.59 Å². The van der Waals surface area contributed by atoms with Gasteiger partial charge in [-0.15, -0.1) is 0 Å². The molecular weight excluding hydrogens is 409 g/mol. The van der Waals surface area contributed by atoms with Gasteiger partial charge in [-0.3, -0.25) is 9.59 Å². The van der Waals surface area contributed by atoms with Gasteiger partial charge in [-0.1, -0.05) is 23.2 Å². The molecule has 1 aromatic rings. The van der Waals surface area contributed by atoms with Crippen LogP contribution in [0.2, 0.25) is 10.0 Å². The highest BCUT2D eigenvalue weighted by atomic mass is 35.5. The van der Waals surface area contributed by atoms with Crippen molar-refractivity contribution in [3.05, 3.63) is 33.8 Å². The van der Waals surface area contributed by atoms with Crippen LogP contribution in [0.5, 0.6) is 0 Å². The van der Waals surface area contributed by atoms with E-state index in [0.29, 0.717) is 27.6 Å². The minimum absolute atomic E-state index is 0.0249. The number of carbonyl (C=O) groups excluding carboxylic acids is 2. The zero-order valence-corrected chi connectivity index (χ0v) is 18.3. The predicted octanol–water partition coefficient (Wildman–Crippen LogP) is 3.93. The van der Waals surface area contributed by atoms with Gasteiger partial charge >= 0.3 is 0 Å². The molecular formula is C22H29Cl2N3O2. The van der Waals surface area contributed by atoms with E-state index in [-0.39, 0.29) is 11.8 Å². The van der Waals surface area contributed by atoms with Gasteiger partial charge in [0.05, 0.1) is 10.0 Å². The summed E-state index contributed by atoms with van der Waals surface area (Å²) < 4.78 is 0. The van der Waals surface area contributed by atoms with E-state index < -0.39 is 0 Å². The van der Waals surface area contributed by atoms with Crippen molar-refractivity contribution >= 4 is 35.0 Å². The molecule has 1 aromatic carbocycles. The lowest BCUT2D eigenvalue weighted by molar-refractivity contribution is -0.136. The monoisotopic (exact) mass is 437 g/mol. The number of hydrogen-bond donors (Lipinski definition) is 0. The number of hydrogen-bond acceptors (Lipinski definition) is 3. The van der Waals surface area contributed by atoms with Crippen molar-refractivity contribution in [1.29, 1.82) is 0 Å². The van der Waals surface area contributed by atoms with Crippen LogP contribution < -0.4 is 0 Å². The Morgan fingerprint density at radius 3 is 2.07 bits per heavy atom. The molecule has 0 N–H and O–H groups in total. The van der Waals surface area contributed by atoms with E-state index in [0.717, 1.165) is 77.8 Å². The third kappa shape index (κ3) is 4.73. The maximum absolute atomic E-state index is 12.8. The van der Waals surface area contributed by atoms with E-state index >= 15 is 0 Å². The Bertz CT molecular complexity index is 750. The summed E-state index contributed by atoms with van der Waals surface area (Å²) in [5, 5.41) is 0.882. The topological polar surface area (TPSA) is 43.9 Å². The molecule has 3 fully saturated rings. The molecule has 3 saturated heterocycles. The molecule has 0 spiro atoms. The normalized spacial score (nSPS) is 22.3. The van der Waals surface area contributed by atoms with Crippen LogP contribution in [-0.4, -0.2) is 71.8 Å². The number of rotatable bonds is 3. The molecule has 0 aromatic heterocycles. The van der Waals surface area contributed by atoms with Crippen molar-refractivity contribution in [1.82, 2.24) is 14.7 Å². The summed E-state index contributed by atoms with van der Waals surface area (Å²) in [4.78, 5) is 31.9. The summed E-state index contributed by atoms with van der Waals surface area (Å²) in [6.45, 7) is 5.41. The van der Waals surface area contributed by atoms with Crippen molar-refractivity contribution < 1.29 is 9.59 Å². The zero-order valence-electron chi connectivity index (χ0n) is 16.8. The molecule has 0 atom stereocenters. The quantitative estimate of drug-likeness (QED) is 0.719. The van der Waals surface area contributed by atoms with Gasteiger partial charge in [0.1, 0.15) is 0 Å². The second-order valence-corrected chi connectivity index (χ2v) is 9.31. The number of piperidine rings is 2. The highest BCUT2D eigenvalue weighted by Gasteiger charge is 2.33. The molecule has 0 unspecified atom stereocenters. The fraction of sp³-hybridized carbons (Fsp3) is 0.636. The first-order chi connectivity index (χ1) is 14.0. The number of halogens is 2. The van der Waals surface area contributed by atoms with Crippen LogP contribution in [0.1, 0.15) is 48.9 Å². The van der Waals surface area contributed by atoms with Crippen molar-refractivity contribution in [3.8, 4) is 0 Å². The summed E-state index contributed by atoms with van der Waals surface area (Å²) in [7, 11) is 0. The van der Waals surface area contributed by atoms with E-state index in [4.69, 9.17) is 23.2 Å². The lowest BCUT2D eigenvalue weighted by atomic mass is 9.92. The summed E-state index contributed by atoms with van der Waals surface area (Å²) >= 11 is 12.0. The number of carbonyl (C=O) groups is 2. The maximum Gasteiger partial charge on any atom is 0.253 e. The van der Waals surface area contributed by atoms with Crippen LogP contribution in [0, 0.1) is 5.92 Å². The predicted molar refractivity (Wildman–Crippen MR) is 115 cm³/mol. The van der Waals surface area contributed by atoms with Gasteiger partial charge in [-0.05, 0) is 69.8 Å². The van der Waals surface area contributed by atoms with Crippen LogP contribution in [0.3, 0.4) is 0 Å². The molecule has 3 aliphatic heterocycles. The Hall–Kier alpha value is -1.30. The van der Waals surface area contributed by atoms with Gasteiger partial charge in [0, 0.05) is 43.7 Å². The van der Waals surface area contributed by atoms with Crippen LogP contribution >= 0.6 is 23.2 Å². The first-order valence-corrected chi connectivity index (χ1v) is 11.6. The number of benzene rings is 1. The summed E-state index contributed by atoms with van der Waals surface area (Å²) in [5.74, 6) is 0.613. The minimum atomic E-state index is 0.0249. The Labute approximate surface area is 182 Å². The smallest absolute Gasteiger partial charge is 0.253 e. The first kappa shape index (κ1) is 21.0. The lowest BCUT2D eigenvalue weighted by Gasteiger charge is -2.42. The van der Waals surface area contributed by atoms with Crippen LogP contribution in [0.15, 0.2) is 18.2 Å². The Kier molecular flexibility index (Phi) is 6.67. The second-order valence-electron chi connectivity index (χ2n) is 8.49. The molecule has 3 heterocycles. The molecule has 158 valence electrons. The van der Waals surface area contributed by atoms with Gasteiger partial charge < -0.3 is 14.7 Å². The largest absolute Gasteiger partial charge is 0.342 e. The summed E-state index contributed by atoms with van der Waals surface area (Å²) in [5.41, 5.74) is 0.596. The minimum Gasteiger partial charge on any atom is -0.342 e. The number of likely N-dealkylation sites (tertiary alicyclic amines) is 3. The van der Waals surface area contributed by atoms with E-state index in [2.05, 4.69) is 9.80 Å². The Balaban J connectivity index is 1.25. The van der Waals surface area contributed by atoms with Crippen LogP contribution in [-0.2, 0) is 4.79 Å². The van der Waals surface area contributed by atoms with Crippen molar-refractivity contribution in [2.24, 2.45) is 5.92 Å². The third-order valence-electron chi connectivity index (χ3n) is 6.73. The molecule has 2 amide bonds. The second kappa shape index (κ2) is 9.23. The molecule has 0 bridgehead atoms. The Morgan fingerprint density at radius 1 is 0.793 bits per heavy atom. The highest BCUT2D eigenvalue weighted by Crippen LogP contribution is 2.28. The van der Waals surface area contributed by atoms with E-state index in [1.165, 1.54) is 0 Å². The molecule has 5 nitrogen and oxygen atoms in total. The van der Waals surface area contributed by atoms with Gasteiger partial charge in [-0.2, -0.15) is 0 Å². The molecule has 7 heteroatoms. The molecule has 3 aliphatic rings. The van der Waals surface area contributed by atoms with Gasteiger partial charge in [-0.25, -0.2) is 0 Å². The zero-order chi connectivity index (χ0) is 20.4. The summed E-state index contributed by atoms with van der Waals surface area (Å²) in [6.07, 6.45) is 6.22. The van der Waals surface area contributed by atoms with Crippen molar-refractivity contribution in [2.75, 3.05) is 39.3 Å². The summed E-state index contributed by atoms with van der Waals surface area (Å²) in [6, 6.07) is 5.58. The molecule has 4 rings (SSSR count). The maximum atomic E-state index is 12.8. The molecule has 0 saturated carbocycles. The SMILES string of the molecule is O=C(c1ccc(Cl)c(Cl)c1)N1CCC(N2CCC(C(=O)N3CCCC3)CC2)CC1. The average Bonchev–Trinajstić information content (AvgIpc) is 3.30. The molecule has 0 radical (unpaired) electrons. The fourth-order valence-electron chi connectivity index (χ4n) is 4.95. The third-order valence-corrected chi connectivity index (χ3v) is 7.47. The lowest BCUT2D eigenvalue weighted by Crippen LogP contribution is -2.50. The van der Waals surface area contributed by atoms with Crippen LogP contribution in [0.25, 0.3) is 0 Å². The average molecular weight is 438 g/mol. The van der Waals surface area contributed by atoms with Crippen LogP contribution in [0.4, 0.5) is 0 Å². The first-order valence-electron chi connectivity index (χ1n) is 10.8. The number of amides is 2. The highest BCUT2D eigenvalue weighted by molar-refractivity contribution is 6.42. The Morgan fingerprint density at radius 2 is 1.45 bits per heavy atom. The molecule has 0 aliphatic carbocycles. The van der Waals surface area contributed by atoms with E-state index in [1.807, 2.05) is 4.90 Å². The van der Waals surface area contributed by atoms with Gasteiger partial charge in [0.25, 0.3) is 5.91 Å². The van der Waals surface area contributed by atoms with Gasteiger partial charge in [0.2, 0.25) is 5.91 Å². The van der Waals surface area contributed by atoms with E-state index in [1.54, 1.807) is 18.2 Å². The fourth-order valence-corrected chi connectivity index (χ4v) is 5.25. The van der Waals surface area contributed by atoms with Gasteiger partial charge in [0.15, 0.2) is 0 Å². The molecule has 29 heavy (non-hydrogen) atoms.